The molecule has 0 radical (unpaired) electrons. The van der Waals surface area contributed by atoms with Crippen molar-refractivity contribution >= 4 is 22.7 Å². The molecule has 0 aliphatic carbocycles. The van der Waals surface area contributed by atoms with Gasteiger partial charge in [-0.2, -0.15) is 13.2 Å². The summed E-state index contributed by atoms with van der Waals surface area (Å²) in [4.78, 5) is 14.7. The summed E-state index contributed by atoms with van der Waals surface area (Å²) < 4.78 is 41.1. The molecule has 0 spiro atoms. The average molecular weight is 565 g/mol. The molecule has 2 rings (SSSR count). The lowest BCUT2D eigenvalue weighted by atomic mass is 10.0. The van der Waals surface area contributed by atoms with Crippen molar-refractivity contribution in [1.29, 1.82) is 5.41 Å². The van der Waals surface area contributed by atoms with Gasteiger partial charge in [0, 0.05) is 60.8 Å². The topological polar surface area (TPSA) is 77.8 Å². The standard InChI is InChI=1S/C32H39F3N6/c1-9-11-12-13-27(23(5)36)31-37-19-26(20-38-31)29(41(7)8)17-15-25(18-21(3)10-2)24(6)40-28-16-14-22(4)39-30(28)32(33,34)35/h9-11,13-20,24,36,40H,2,12H2,1,3-8H3/b11-9?,21-18-,25-15-,27-13+,29-17-,36-23?/t24-/m1/s1. The lowest BCUT2D eigenvalue weighted by Crippen LogP contribution is -2.21. The highest BCUT2D eigenvalue weighted by atomic mass is 19.4. The second-order valence-electron chi connectivity index (χ2n) is 9.76. The van der Waals surface area contributed by atoms with Crippen LogP contribution >= 0.6 is 0 Å². The summed E-state index contributed by atoms with van der Waals surface area (Å²) in [6.45, 7) is 12.6. The first-order chi connectivity index (χ1) is 19.3. The van der Waals surface area contributed by atoms with Crippen LogP contribution in [-0.4, -0.2) is 45.7 Å². The third-order valence-electron chi connectivity index (χ3n) is 6.09. The molecular formula is C32H39F3N6. The first kappa shape index (κ1) is 32.9. The molecule has 2 heterocycles. The van der Waals surface area contributed by atoms with Gasteiger partial charge >= 0.3 is 6.18 Å². The number of alkyl halides is 3. The lowest BCUT2D eigenvalue weighted by molar-refractivity contribution is -0.140. The second kappa shape index (κ2) is 14.9. The van der Waals surface area contributed by atoms with Gasteiger partial charge in [-0.25, -0.2) is 15.0 Å². The molecule has 0 fully saturated rings. The Balaban J connectivity index is 2.51. The van der Waals surface area contributed by atoms with Crippen molar-refractivity contribution in [1.82, 2.24) is 19.9 Å². The predicted molar refractivity (Wildman–Crippen MR) is 164 cm³/mol. The van der Waals surface area contributed by atoms with E-state index >= 15 is 0 Å². The number of pyridine rings is 1. The molecule has 0 aliphatic rings. The van der Waals surface area contributed by atoms with Crippen molar-refractivity contribution in [2.45, 2.75) is 53.3 Å². The molecule has 0 aromatic carbocycles. The van der Waals surface area contributed by atoms with Gasteiger partial charge in [0.1, 0.15) is 0 Å². The molecule has 2 aromatic heterocycles. The van der Waals surface area contributed by atoms with Crippen molar-refractivity contribution in [2.24, 2.45) is 0 Å². The monoisotopic (exact) mass is 564 g/mol. The van der Waals surface area contributed by atoms with Crippen molar-refractivity contribution in [3.63, 3.8) is 0 Å². The summed E-state index contributed by atoms with van der Waals surface area (Å²) in [6, 6.07) is 2.46. The van der Waals surface area contributed by atoms with E-state index in [1.165, 1.54) is 13.0 Å². The van der Waals surface area contributed by atoms with Crippen molar-refractivity contribution < 1.29 is 13.2 Å². The van der Waals surface area contributed by atoms with Gasteiger partial charge in [0.05, 0.1) is 5.69 Å². The van der Waals surface area contributed by atoms with Crippen LogP contribution in [-0.2, 0) is 6.18 Å². The molecule has 6 nitrogen and oxygen atoms in total. The SMILES string of the molecule is C=C\C(C)=C/C(=C/C=C(/c1cnc(/C(=C/CC=CC)C(C)=N)nc1)N(C)C)[C@@H](C)Nc1ccc(C)nc1C(F)(F)F. The Morgan fingerprint density at radius 3 is 2.34 bits per heavy atom. The summed E-state index contributed by atoms with van der Waals surface area (Å²) >= 11 is 0. The molecule has 0 aliphatic heterocycles. The van der Waals surface area contributed by atoms with E-state index in [1.807, 2.05) is 69.3 Å². The number of allylic oxidation sites excluding steroid dienone is 8. The van der Waals surface area contributed by atoms with E-state index in [0.717, 1.165) is 22.4 Å². The van der Waals surface area contributed by atoms with E-state index in [0.29, 0.717) is 23.5 Å². The Hall–Kier alpha value is -4.27. The summed E-state index contributed by atoms with van der Waals surface area (Å²) in [6.07, 6.45) is 12.6. The van der Waals surface area contributed by atoms with Gasteiger partial charge < -0.3 is 15.6 Å². The fourth-order valence-electron chi connectivity index (χ4n) is 3.86. The van der Waals surface area contributed by atoms with Gasteiger partial charge in [0.15, 0.2) is 11.5 Å². The number of nitrogens with zero attached hydrogens (tertiary/aromatic N) is 4. The summed E-state index contributed by atoms with van der Waals surface area (Å²) in [5, 5.41) is 11.1. The number of anilines is 1. The van der Waals surface area contributed by atoms with Crippen LogP contribution in [0, 0.1) is 12.3 Å². The summed E-state index contributed by atoms with van der Waals surface area (Å²) in [5.74, 6) is 0.467. The number of aryl methyl sites for hydroxylation is 1. The van der Waals surface area contributed by atoms with Gasteiger partial charge in [-0.1, -0.05) is 48.6 Å². The van der Waals surface area contributed by atoms with Gasteiger partial charge in [-0.3, -0.25) is 0 Å². The van der Waals surface area contributed by atoms with E-state index in [1.54, 1.807) is 38.4 Å². The molecule has 0 saturated carbocycles. The Morgan fingerprint density at radius 2 is 1.80 bits per heavy atom. The zero-order valence-corrected chi connectivity index (χ0v) is 24.8. The molecule has 0 bridgehead atoms. The first-order valence-electron chi connectivity index (χ1n) is 13.2. The number of nitrogens with one attached hydrogen (secondary N) is 2. The quantitative estimate of drug-likeness (QED) is 0.155. The highest BCUT2D eigenvalue weighted by Crippen LogP contribution is 2.34. The van der Waals surface area contributed by atoms with Crippen LogP contribution in [0.5, 0.6) is 0 Å². The van der Waals surface area contributed by atoms with Crippen LogP contribution < -0.4 is 5.32 Å². The van der Waals surface area contributed by atoms with Crippen molar-refractivity contribution in [3.8, 4) is 0 Å². The van der Waals surface area contributed by atoms with Gasteiger partial charge in [-0.15, -0.1) is 0 Å². The van der Waals surface area contributed by atoms with Crippen LogP contribution in [0.15, 0.2) is 84.8 Å². The number of rotatable bonds is 12. The van der Waals surface area contributed by atoms with Crippen molar-refractivity contribution in [2.75, 3.05) is 19.4 Å². The van der Waals surface area contributed by atoms with Gasteiger partial charge in [0.25, 0.3) is 0 Å². The zero-order chi connectivity index (χ0) is 30.7. The second-order valence-corrected chi connectivity index (χ2v) is 9.76. The Kier molecular flexibility index (Phi) is 12.0. The third kappa shape index (κ3) is 9.70. The third-order valence-corrected chi connectivity index (χ3v) is 6.09. The molecule has 2 aromatic rings. The summed E-state index contributed by atoms with van der Waals surface area (Å²) in [7, 11) is 3.77. The van der Waals surface area contributed by atoms with E-state index in [4.69, 9.17) is 5.41 Å². The minimum absolute atomic E-state index is 0.0910. The number of aromatic nitrogens is 3. The van der Waals surface area contributed by atoms with Crippen LogP contribution in [0.1, 0.15) is 56.9 Å². The lowest BCUT2D eigenvalue weighted by Gasteiger charge is -2.21. The first-order valence-corrected chi connectivity index (χ1v) is 13.2. The molecule has 218 valence electrons. The van der Waals surface area contributed by atoms with Crippen LogP contribution in [0.4, 0.5) is 18.9 Å². The van der Waals surface area contributed by atoms with E-state index < -0.39 is 17.9 Å². The van der Waals surface area contributed by atoms with Crippen LogP contribution in [0.25, 0.3) is 11.3 Å². The minimum Gasteiger partial charge on any atom is -0.377 e. The maximum atomic E-state index is 13.7. The number of hydrogen-bond acceptors (Lipinski definition) is 6. The van der Waals surface area contributed by atoms with E-state index in [-0.39, 0.29) is 11.4 Å². The Bertz CT molecular complexity index is 1380. The zero-order valence-electron chi connectivity index (χ0n) is 24.8. The number of hydrogen-bond donors (Lipinski definition) is 2. The van der Waals surface area contributed by atoms with Crippen LogP contribution in [0.3, 0.4) is 0 Å². The molecule has 0 unspecified atom stereocenters. The molecule has 1 atom stereocenters. The molecule has 9 heteroatoms. The Morgan fingerprint density at radius 1 is 1.15 bits per heavy atom. The van der Waals surface area contributed by atoms with Gasteiger partial charge in [-0.05, 0) is 64.8 Å². The fraction of sp³-hybridized carbons (Fsp3) is 0.312. The summed E-state index contributed by atoms with van der Waals surface area (Å²) in [5.41, 5.74) is 3.43. The smallest absolute Gasteiger partial charge is 0.377 e. The Labute approximate surface area is 241 Å². The minimum atomic E-state index is -4.59. The molecule has 2 N–H and O–H groups in total. The van der Waals surface area contributed by atoms with Crippen LogP contribution in [0.2, 0.25) is 0 Å². The highest BCUT2D eigenvalue weighted by molar-refractivity contribution is 6.20. The average Bonchev–Trinajstić information content (AvgIpc) is 2.91. The molecule has 0 amide bonds. The predicted octanol–water partition coefficient (Wildman–Crippen LogP) is 8.05. The number of halogens is 3. The van der Waals surface area contributed by atoms with E-state index in [9.17, 15) is 13.2 Å². The largest absolute Gasteiger partial charge is 0.435 e. The molecule has 0 saturated heterocycles. The molecular weight excluding hydrogens is 525 g/mol. The highest BCUT2D eigenvalue weighted by Gasteiger charge is 2.36. The molecule has 41 heavy (non-hydrogen) atoms. The van der Waals surface area contributed by atoms with Gasteiger partial charge in [0.2, 0.25) is 0 Å². The maximum Gasteiger partial charge on any atom is 0.435 e. The van der Waals surface area contributed by atoms with Crippen molar-refractivity contribution in [3.05, 3.63) is 108 Å². The maximum absolute atomic E-state index is 13.7. The fourth-order valence-corrected chi connectivity index (χ4v) is 3.86. The normalized spacial score (nSPS) is 14.3. The van der Waals surface area contributed by atoms with E-state index in [2.05, 4.69) is 26.8 Å².